The van der Waals surface area contributed by atoms with E-state index in [0.717, 1.165) is 11.5 Å². The number of aliphatic hydroxyl groups is 1. The van der Waals surface area contributed by atoms with E-state index in [1.807, 2.05) is 12.1 Å². The molecule has 2 atom stereocenters. The van der Waals surface area contributed by atoms with Gasteiger partial charge in [0.1, 0.15) is 0 Å². The molecule has 2 aliphatic rings. The second-order valence-corrected chi connectivity index (χ2v) is 8.64. The second kappa shape index (κ2) is 9.46. The van der Waals surface area contributed by atoms with Gasteiger partial charge in [0.2, 0.25) is 0 Å². The van der Waals surface area contributed by atoms with E-state index in [2.05, 4.69) is 44.2 Å². The molecule has 0 amide bonds. The summed E-state index contributed by atoms with van der Waals surface area (Å²) in [4.78, 5) is 15.1. The van der Waals surface area contributed by atoms with Crippen molar-refractivity contribution in [3.63, 3.8) is 0 Å². The van der Waals surface area contributed by atoms with Gasteiger partial charge in [0.15, 0.2) is 5.78 Å². The molecular weight excluding hydrogens is 563 g/mol. The molecule has 3 nitrogen and oxygen atoms in total. The minimum atomic E-state index is -0.125. The molecule has 1 fully saturated rings. The number of aryl methyl sites for hydroxylation is 2. The summed E-state index contributed by atoms with van der Waals surface area (Å²) in [5.41, 5.74) is 9.33. The first kappa shape index (κ1) is 23.4. The Morgan fingerprint density at radius 2 is 1.84 bits per heavy atom. The van der Waals surface area contributed by atoms with E-state index in [1.54, 1.807) is 5.56 Å². The van der Waals surface area contributed by atoms with Crippen LogP contribution in [0.5, 0.6) is 0 Å². The summed E-state index contributed by atoms with van der Waals surface area (Å²) in [6.07, 6.45) is 5.17. The molecule has 1 heterocycles. The quantitative estimate of drug-likeness (QED) is 0.205. The number of aliphatic hydroxyl groups excluding tert-OH is 1. The Bertz CT molecular complexity index is 1150. The number of carbonyl (C=O) groups excluding carboxylic acids is 1. The maximum absolute atomic E-state index is 10.0. The molecule has 1 N–H and O–H groups in total. The smallest absolute Gasteiger partial charge is 0.155 e. The maximum atomic E-state index is 10.0. The van der Waals surface area contributed by atoms with Gasteiger partial charge in [-0.3, -0.25) is 9.78 Å². The van der Waals surface area contributed by atoms with Gasteiger partial charge < -0.3 is 5.11 Å². The summed E-state index contributed by atoms with van der Waals surface area (Å²) in [6.45, 7) is 7.26. The standard InChI is InChI=1S/C22H20N.C5H8O2.Ir/c1-13-10-14(2)19-18(11-13)23-22(15-6-4-3-5-7-15)21-17-9-8-16(12-17)20(19)21;1-4(6)3-5(2)7;/h3-6,10-11,16-17H,8-9,12H2,1-2H3;3,6H,1-2H3;/q-1;;. The van der Waals surface area contributed by atoms with Gasteiger partial charge in [0, 0.05) is 31.6 Å². The maximum Gasteiger partial charge on any atom is 0.155 e. The Hall–Kier alpha value is -2.29. The molecule has 2 bridgehead atoms. The number of ketones is 1. The van der Waals surface area contributed by atoms with Crippen LogP contribution in [0, 0.1) is 19.9 Å². The van der Waals surface area contributed by atoms with Crippen LogP contribution in [-0.4, -0.2) is 15.9 Å². The first-order valence-corrected chi connectivity index (χ1v) is 10.6. The Labute approximate surface area is 198 Å². The van der Waals surface area contributed by atoms with E-state index >= 15 is 0 Å². The van der Waals surface area contributed by atoms with E-state index in [4.69, 9.17) is 10.1 Å². The second-order valence-electron chi connectivity index (χ2n) is 8.64. The number of aromatic nitrogens is 1. The number of rotatable bonds is 2. The van der Waals surface area contributed by atoms with Crippen molar-refractivity contribution in [2.45, 2.75) is 58.8 Å². The van der Waals surface area contributed by atoms with Crippen LogP contribution in [0.15, 0.2) is 48.2 Å². The Morgan fingerprint density at radius 1 is 1.13 bits per heavy atom. The van der Waals surface area contributed by atoms with Gasteiger partial charge in [-0.1, -0.05) is 11.6 Å². The van der Waals surface area contributed by atoms with Crippen LogP contribution in [0.2, 0.25) is 0 Å². The summed E-state index contributed by atoms with van der Waals surface area (Å²) in [7, 11) is 0. The van der Waals surface area contributed by atoms with Gasteiger partial charge in [-0.2, -0.15) is 0 Å². The Balaban J connectivity index is 0.000000299. The predicted octanol–water partition coefficient (Wildman–Crippen LogP) is 6.72. The minimum Gasteiger partial charge on any atom is -0.512 e. The van der Waals surface area contributed by atoms with Crippen molar-refractivity contribution >= 4 is 16.7 Å². The van der Waals surface area contributed by atoms with Crippen molar-refractivity contribution in [3.05, 3.63) is 76.6 Å². The predicted molar refractivity (Wildman–Crippen MR) is 122 cm³/mol. The van der Waals surface area contributed by atoms with Crippen LogP contribution in [0.3, 0.4) is 0 Å². The molecule has 3 aromatic rings. The van der Waals surface area contributed by atoms with Gasteiger partial charge in [0.05, 0.1) is 11.3 Å². The van der Waals surface area contributed by atoms with Gasteiger partial charge in [-0.15, -0.1) is 35.9 Å². The average molecular weight is 591 g/mol. The Morgan fingerprint density at radius 3 is 2.42 bits per heavy atom. The van der Waals surface area contributed by atoms with Crippen LogP contribution in [0.4, 0.5) is 0 Å². The first-order chi connectivity index (χ1) is 14.3. The van der Waals surface area contributed by atoms with Crippen LogP contribution in [-0.2, 0) is 24.9 Å². The van der Waals surface area contributed by atoms with E-state index in [-0.39, 0.29) is 31.6 Å². The number of carbonyl (C=O) groups is 1. The largest absolute Gasteiger partial charge is 0.512 e. The molecule has 1 aromatic heterocycles. The number of hydrogen-bond acceptors (Lipinski definition) is 3. The first-order valence-electron chi connectivity index (χ1n) is 10.6. The van der Waals surface area contributed by atoms with Crippen molar-refractivity contribution < 1.29 is 30.0 Å². The fourth-order valence-corrected chi connectivity index (χ4v) is 5.21. The van der Waals surface area contributed by atoms with Gasteiger partial charge in [0.25, 0.3) is 0 Å². The fourth-order valence-electron chi connectivity index (χ4n) is 5.21. The van der Waals surface area contributed by atoms with Crippen LogP contribution in [0.25, 0.3) is 22.2 Å². The normalized spacial score (nSPS) is 18.8. The van der Waals surface area contributed by atoms with Crippen molar-refractivity contribution in [2.75, 3.05) is 0 Å². The number of benzene rings is 2. The van der Waals surface area contributed by atoms with Crippen LogP contribution in [0.1, 0.15) is 67.2 Å². The molecule has 2 aromatic carbocycles. The number of pyridine rings is 1. The van der Waals surface area contributed by atoms with E-state index in [1.165, 1.54) is 72.5 Å². The summed E-state index contributed by atoms with van der Waals surface area (Å²) >= 11 is 0. The number of hydrogen-bond donors (Lipinski definition) is 1. The van der Waals surface area contributed by atoms with Crippen molar-refractivity contribution in [2.24, 2.45) is 0 Å². The molecule has 0 spiro atoms. The van der Waals surface area contributed by atoms with Crippen LogP contribution < -0.4 is 0 Å². The summed E-state index contributed by atoms with van der Waals surface area (Å²) in [5.74, 6) is 1.38. The Kier molecular flexibility index (Phi) is 7.13. The summed E-state index contributed by atoms with van der Waals surface area (Å²) in [6, 6.07) is 16.3. The molecule has 0 aliphatic heterocycles. The molecule has 5 rings (SSSR count). The third kappa shape index (κ3) is 4.66. The van der Waals surface area contributed by atoms with Crippen molar-refractivity contribution in [1.82, 2.24) is 4.98 Å². The average Bonchev–Trinajstić information content (AvgIpc) is 3.29. The zero-order chi connectivity index (χ0) is 21.4. The molecule has 2 aliphatic carbocycles. The fraction of sp³-hybridized carbons (Fsp3) is 0.333. The zero-order valence-electron chi connectivity index (χ0n) is 18.5. The number of nitrogens with zero attached hydrogens (tertiary/aromatic N) is 1. The van der Waals surface area contributed by atoms with Crippen LogP contribution >= 0.6 is 0 Å². The summed E-state index contributed by atoms with van der Waals surface area (Å²) < 4.78 is 0. The van der Waals surface area contributed by atoms with Gasteiger partial charge >= 0.3 is 0 Å². The molecule has 163 valence electrons. The molecule has 4 heteroatoms. The molecule has 1 radical (unpaired) electrons. The monoisotopic (exact) mass is 591 g/mol. The number of allylic oxidation sites excluding steroid dienone is 2. The van der Waals surface area contributed by atoms with Gasteiger partial charge in [-0.05, 0) is 87.2 Å². The topological polar surface area (TPSA) is 50.2 Å². The minimum absolute atomic E-state index is 0. The van der Waals surface area contributed by atoms with Crippen molar-refractivity contribution in [3.8, 4) is 11.3 Å². The molecule has 1 saturated carbocycles. The van der Waals surface area contributed by atoms with Crippen molar-refractivity contribution in [1.29, 1.82) is 0 Å². The molecule has 0 saturated heterocycles. The molecule has 2 unspecified atom stereocenters. The molecular formula is C27H28IrNO2-. The SMILES string of the molecule is CC(=O)C=C(C)O.Cc1cc(C)c2c3c(c(-c4[c-]cccc4)nc2c1)C1CCC3C1.[Ir]. The third-order valence-corrected chi connectivity index (χ3v) is 6.13. The van der Waals surface area contributed by atoms with E-state index in [9.17, 15) is 4.79 Å². The molecule has 31 heavy (non-hydrogen) atoms. The van der Waals surface area contributed by atoms with E-state index in [0.29, 0.717) is 5.92 Å². The summed E-state index contributed by atoms with van der Waals surface area (Å²) in [5, 5.41) is 9.79. The van der Waals surface area contributed by atoms with E-state index < -0.39 is 0 Å². The third-order valence-electron chi connectivity index (χ3n) is 6.13. The zero-order valence-corrected chi connectivity index (χ0v) is 20.8. The number of fused-ring (bicyclic) bond motifs is 7. The van der Waals surface area contributed by atoms with Gasteiger partial charge in [-0.25, -0.2) is 0 Å².